The summed E-state index contributed by atoms with van der Waals surface area (Å²) in [4.78, 5) is 11.0. The summed E-state index contributed by atoms with van der Waals surface area (Å²) in [6.45, 7) is 0.109. The van der Waals surface area contributed by atoms with Crippen LogP contribution in [-0.4, -0.2) is 23.7 Å². The SMILES string of the molecule is O=C(CCCO)NC1CCC1. The van der Waals surface area contributed by atoms with Gasteiger partial charge in [-0.3, -0.25) is 4.79 Å². The molecule has 0 aromatic rings. The summed E-state index contributed by atoms with van der Waals surface area (Å²) in [5.74, 6) is 0.0868. The van der Waals surface area contributed by atoms with Gasteiger partial charge in [0.2, 0.25) is 5.91 Å². The third kappa shape index (κ3) is 2.89. The van der Waals surface area contributed by atoms with Crippen molar-refractivity contribution in [1.82, 2.24) is 5.32 Å². The molecule has 0 spiro atoms. The topological polar surface area (TPSA) is 49.3 Å². The van der Waals surface area contributed by atoms with E-state index in [1.807, 2.05) is 0 Å². The van der Waals surface area contributed by atoms with Crippen LogP contribution in [0.3, 0.4) is 0 Å². The predicted octanol–water partition coefficient (Wildman–Crippen LogP) is 0.428. The van der Waals surface area contributed by atoms with Crippen LogP contribution in [0.15, 0.2) is 0 Å². The van der Waals surface area contributed by atoms with Gasteiger partial charge in [-0.05, 0) is 25.7 Å². The molecular formula is C8H15NO2. The van der Waals surface area contributed by atoms with Crippen molar-refractivity contribution in [3.05, 3.63) is 0 Å². The molecule has 0 bridgehead atoms. The Hall–Kier alpha value is -0.570. The molecule has 2 N–H and O–H groups in total. The average Bonchev–Trinajstić information content (AvgIpc) is 1.93. The van der Waals surface area contributed by atoms with Crippen LogP contribution in [0.4, 0.5) is 0 Å². The minimum absolute atomic E-state index is 0.0868. The molecule has 0 aromatic heterocycles. The first-order valence-electron chi connectivity index (χ1n) is 4.23. The molecule has 3 heteroatoms. The average molecular weight is 157 g/mol. The largest absolute Gasteiger partial charge is 0.396 e. The van der Waals surface area contributed by atoms with Gasteiger partial charge in [-0.2, -0.15) is 0 Å². The second kappa shape index (κ2) is 4.34. The van der Waals surface area contributed by atoms with Gasteiger partial charge < -0.3 is 10.4 Å². The lowest BCUT2D eigenvalue weighted by Gasteiger charge is -2.26. The first kappa shape index (κ1) is 8.53. The van der Waals surface area contributed by atoms with E-state index < -0.39 is 0 Å². The van der Waals surface area contributed by atoms with Crippen LogP contribution < -0.4 is 5.32 Å². The van der Waals surface area contributed by atoms with Gasteiger partial charge in [0, 0.05) is 19.1 Å². The number of nitrogens with one attached hydrogen (secondary N) is 1. The summed E-state index contributed by atoms with van der Waals surface area (Å²) < 4.78 is 0. The summed E-state index contributed by atoms with van der Waals surface area (Å²) in [5.41, 5.74) is 0. The fourth-order valence-electron chi connectivity index (χ4n) is 1.09. The van der Waals surface area contributed by atoms with E-state index >= 15 is 0 Å². The number of carbonyl (C=O) groups is 1. The summed E-state index contributed by atoms with van der Waals surface area (Å²) in [6.07, 6.45) is 4.55. The maximum absolute atomic E-state index is 11.0. The summed E-state index contributed by atoms with van der Waals surface area (Å²) in [6, 6.07) is 0.432. The summed E-state index contributed by atoms with van der Waals surface area (Å²) >= 11 is 0. The molecule has 0 unspecified atom stereocenters. The van der Waals surface area contributed by atoms with Crippen LogP contribution in [-0.2, 0) is 4.79 Å². The minimum Gasteiger partial charge on any atom is -0.396 e. The molecule has 0 aliphatic heterocycles. The molecule has 64 valence electrons. The van der Waals surface area contributed by atoms with Gasteiger partial charge in [0.15, 0.2) is 0 Å². The lowest BCUT2D eigenvalue weighted by Crippen LogP contribution is -2.39. The van der Waals surface area contributed by atoms with Crippen molar-refractivity contribution in [2.45, 2.75) is 38.1 Å². The number of carbonyl (C=O) groups excluding carboxylic acids is 1. The maximum atomic E-state index is 11.0. The van der Waals surface area contributed by atoms with E-state index in [0.29, 0.717) is 18.9 Å². The molecule has 1 aliphatic carbocycles. The zero-order valence-electron chi connectivity index (χ0n) is 6.68. The van der Waals surface area contributed by atoms with Crippen LogP contribution in [0.5, 0.6) is 0 Å². The van der Waals surface area contributed by atoms with Crippen LogP contribution >= 0.6 is 0 Å². The van der Waals surface area contributed by atoms with Gasteiger partial charge in [-0.25, -0.2) is 0 Å². The molecule has 1 aliphatic rings. The Bertz CT molecular complexity index is 132. The molecule has 11 heavy (non-hydrogen) atoms. The van der Waals surface area contributed by atoms with E-state index in [1.165, 1.54) is 6.42 Å². The van der Waals surface area contributed by atoms with E-state index in [2.05, 4.69) is 5.32 Å². The number of rotatable bonds is 4. The highest BCUT2D eigenvalue weighted by molar-refractivity contribution is 5.76. The van der Waals surface area contributed by atoms with Crippen LogP contribution in [0.25, 0.3) is 0 Å². The Morgan fingerprint density at radius 1 is 1.55 bits per heavy atom. The Labute approximate surface area is 66.8 Å². The van der Waals surface area contributed by atoms with E-state index in [1.54, 1.807) is 0 Å². The third-order valence-corrected chi connectivity index (χ3v) is 2.03. The molecule has 1 fully saturated rings. The first-order valence-corrected chi connectivity index (χ1v) is 4.23. The second-order valence-corrected chi connectivity index (χ2v) is 3.02. The van der Waals surface area contributed by atoms with Gasteiger partial charge in [-0.15, -0.1) is 0 Å². The second-order valence-electron chi connectivity index (χ2n) is 3.02. The molecule has 1 rings (SSSR count). The van der Waals surface area contributed by atoms with Gasteiger partial charge in [0.25, 0.3) is 0 Å². The molecule has 1 saturated carbocycles. The number of hydrogen-bond acceptors (Lipinski definition) is 2. The highest BCUT2D eigenvalue weighted by Crippen LogP contribution is 2.17. The Kier molecular flexibility index (Phi) is 3.36. The number of hydrogen-bond donors (Lipinski definition) is 2. The Balaban J connectivity index is 2.00. The molecule has 3 nitrogen and oxygen atoms in total. The Morgan fingerprint density at radius 2 is 2.27 bits per heavy atom. The van der Waals surface area contributed by atoms with E-state index in [-0.39, 0.29) is 12.5 Å². The fourth-order valence-corrected chi connectivity index (χ4v) is 1.09. The smallest absolute Gasteiger partial charge is 0.220 e. The quantitative estimate of drug-likeness (QED) is 0.621. The van der Waals surface area contributed by atoms with Gasteiger partial charge in [0.1, 0.15) is 0 Å². The van der Waals surface area contributed by atoms with Crippen LogP contribution in [0, 0.1) is 0 Å². The molecule has 0 radical (unpaired) electrons. The molecular weight excluding hydrogens is 142 g/mol. The van der Waals surface area contributed by atoms with Crippen molar-refractivity contribution < 1.29 is 9.90 Å². The first-order chi connectivity index (χ1) is 5.33. The van der Waals surface area contributed by atoms with Crippen molar-refractivity contribution in [3.8, 4) is 0 Å². The lowest BCUT2D eigenvalue weighted by molar-refractivity contribution is -0.122. The molecule has 0 heterocycles. The van der Waals surface area contributed by atoms with Crippen molar-refractivity contribution >= 4 is 5.91 Å². The van der Waals surface area contributed by atoms with Gasteiger partial charge in [-0.1, -0.05) is 0 Å². The lowest BCUT2D eigenvalue weighted by atomic mass is 9.93. The summed E-state index contributed by atoms with van der Waals surface area (Å²) in [7, 11) is 0. The van der Waals surface area contributed by atoms with Crippen LogP contribution in [0.2, 0.25) is 0 Å². The number of aliphatic hydroxyl groups is 1. The summed E-state index contributed by atoms with van der Waals surface area (Å²) in [5, 5.41) is 11.3. The Morgan fingerprint density at radius 3 is 2.73 bits per heavy atom. The third-order valence-electron chi connectivity index (χ3n) is 2.03. The molecule has 0 atom stereocenters. The van der Waals surface area contributed by atoms with Crippen LogP contribution in [0.1, 0.15) is 32.1 Å². The van der Waals surface area contributed by atoms with Gasteiger partial charge in [0.05, 0.1) is 0 Å². The van der Waals surface area contributed by atoms with Crippen molar-refractivity contribution in [1.29, 1.82) is 0 Å². The predicted molar refractivity (Wildman–Crippen MR) is 42.1 cm³/mol. The number of amides is 1. The zero-order valence-corrected chi connectivity index (χ0v) is 6.68. The van der Waals surface area contributed by atoms with E-state index in [0.717, 1.165) is 12.8 Å². The van der Waals surface area contributed by atoms with Crippen molar-refractivity contribution in [2.24, 2.45) is 0 Å². The standard InChI is InChI=1S/C8H15NO2/c10-6-2-5-8(11)9-7-3-1-4-7/h7,10H,1-6H2,(H,9,11). The molecule has 1 amide bonds. The number of aliphatic hydroxyl groups excluding tert-OH is 1. The van der Waals surface area contributed by atoms with E-state index in [4.69, 9.17) is 5.11 Å². The monoisotopic (exact) mass is 157 g/mol. The molecule has 0 saturated heterocycles. The fraction of sp³-hybridized carbons (Fsp3) is 0.875. The van der Waals surface area contributed by atoms with Gasteiger partial charge >= 0.3 is 0 Å². The van der Waals surface area contributed by atoms with Crippen molar-refractivity contribution in [2.75, 3.05) is 6.61 Å². The highest BCUT2D eigenvalue weighted by Gasteiger charge is 2.18. The zero-order chi connectivity index (χ0) is 8.10. The maximum Gasteiger partial charge on any atom is 0.220 e. The van der Waals surface area contributed by atoms with E-state index in [9.17, 15) is 4.79 Å². The van der Waals surface area contributed by atoms with Crippen molar-refractivity contribution in [3.63, 3.8) is 0 Å². The molecule has 0 aromatic carbocycles. The highest BCUT2D eigenvalue weighted by atomic mass is 16.3. The normalized spacial score (nSPS) is 17.5. The minimum atomic E-state index is 0.0868.